The molecule has 1 rings (SSSR count). The lowest BCUT2D eigenvalue weighted by Gasteiger charge is -2.22. The molecule has 110 valence electrons. The summed E-state index contributed by atoms with van der Waals surface area (Å²) in [6, 6.07) is 4.01. The second kappa shape index (κ2) is 6.23. The minimum Gasteiger partial charge on any atom is -0.493 e. The predicted molar refractivity (Wildman–Crippen MR) is 70.9 cm³/mol. The van der Waals surface area contributed by atoms with Crippen LogP contribution < -0.4 is 9.47 Å². The summed E-state index contributed by atoms with van der Waals surface area (Å²) in [5, 5.41) is 10.7. The molecule has 0 aliphatic rings. The van der Waals surface area contributed by atoms with Crippen LogP contribution in [0.5, 0.6) is 11.5 Å². The molecule has 7 nitrogen and oxygen atoms in total. The maximum atomic E-state index is 11.5. The van der Waals surface area contributed by atoms with Gasteiger partial charge in [0, 0.05) is 6.07 Å². The summed E-state index contributed by atoms with van der Waals surface area (Å²) in [5.74, 6) is 0.160. The van der Waals surface area contributed by atoms with Gasteiger partial charge in [-0.15, -0.1) is 0 Å². The predicted octanol–water partition coefficient (Wildman–Crippen LogP) is 2.18. The summed E-state index contributed by atoms with van der Waals surface area (Å²) in [5.41, 5.74) is -0.928. The zero-order chi connectivity index (χ0) is 15.3. The first-order valence-corrected chi connectivity index (χ1v) is 5.85. The van der Waals surface area contributed by atoms with E-state index >= 15 is 0 Å². The highest BCUT2D eigenvalue weighted by atomic mass is 16.6. The molecule has 0 unspecified atom stereocenters. The molecule has 0 N–H and O–H groups in total. The topological polar surface area (TPSA) is 87.9 Å². The summed E-state index contributed by atoms with van der Waals surface area (Å²) in [7, 11) is 2.69. The number of nitro benzene ring substituents is 1. The van der Waals surface area contributed by atoms with Crippen molar-refractivity contribution in [2.24, 2.45) is 5.41 Å². The number of methoxy groups -OCH3 is 2. The fourth-order valence-corrected chi connectivity index (χ4v) is 1.48. The lowest BCUT2D eigenvalue weighted by atomic mass is 9.95. The van der Waals surface area contributed by atoms with Crippen molar-refractivity contribution >= 4 is 11.7 Å². The average molecular weight is 283 g/mol. The van der Waals surface area contributed by atoms with Crippen LogP contribution in [0.15, 0.2) is 18.2 Å². The first kappa shape index (κ1) is 15.7. The number of nitro groups is 1. The molecule has 1 aromatic rings. The Morgan fingerprint density at radius 1 is 1.30 bits per heavy atom. The number of hydrogen-bond donors (Lipinski definition) is 0. The molecule has 0 saturated carbocycles. The third-order valence-corrected chi connectivity index (χ3v) is 2.68. The summed E-state index contributed by atoms with van der Waals surface area (Å²) in [6.45, 7) is 3.42. The van der Waals surface area contributed by atoms with Gasteiger partial charge in [-0.25, -0.2) is 0 Å². The lowest BCUT2D eigenvalue weighted by molar-refractivity contribution is -0.385. The number of hydrogen-bond acceptors (Lipinski definition) is 6. The molecule has 0 aliphatic heterocycles. The highest BCUT2D eigenvalue weighted by Gasteiger charge is 2.30. The second-order valence-electron chi connectivity index (χ2n) is 4.76. The SMILES string of the molecule is COC(=O)C(C)(C)COc1ccc([N+](=O)[O-])cc1OC. The standard InChI is InChI=1S/C13H17NO6/c1-13(2,12(15)19-4)8-20-10-6-5-9(14(16)17)7-11(10)18-3/h5-7H,8H2,1-4H3. The Morgan fingerprint density at radius 3 is 2.45 bits per heavy atom. The van der Waals surface area contributed by atoms with Crippen LogP contribution in [-0.2, 0) is 9.53 Å². The van der Waals surface area contributed by atoms with Gasteiger partial charge in [-0.2, -0.15) is 0 Å². The van der Waals surface area contributed by atoms with Crippen molar-refractivity contribution in [1.29, 1.82) is 0 Å². The van der Waals surface area contributed by atoms with Gasteiger partial charge in [0.15, 0.2) is 11.5 Å². The van der Waals surface area contributed by atoms with Crippen LogP contribution in [0.1, 0.15) is 13.8 Å². The van der Waals surface area contributed by atoms with Crippen LogP contribution in [0.25, 0.3) is 0 Å². The first-order valence-electron chi connectivity index (χ1n) is 5.85. The molecule has 0 aromatic heterocycles. The number of non-ortho nitro benzene ring substituents is 1. The van der Waals surface area contributed by atoms with E-state index in [0.29, 0.717) is 5.75 Å². The molecular weight excluding hydrogens is 266 g/mol. The van der Waals surface area contributed by atoms with E-state index in [1.807, 2.05) is 0 Å². The quantitative estimate of drug-likeness (QED) is 0.451. The van der Waals surface area contributed by atoms with E-state index in [4.69, 9.17) is 9.47 Å². The van der Waals surface area contributed by atoms with E-state index in [1.54, 1.807) is 13.8 Å². The molecule has 0 amide bonds. The average Bonchev–Trinajstić information content (AvgIpc) is 2.43. The van der Waals surface area contributed by atoms with Crippen molar-refractivity contribution in [2.45, 2.75) is 13.8 Å². The minimum atomic E-state index is -0.832. The summed E-state index contributed by atoms with van der Waals surface area (Å²) in [6.07, 6.45) is 0. The maximum absolute atomic E-state index is 11.5. The molecular formula is C13H17NO6. The number of benzene rings is 1. The van der Waals surface area contributed by atoms with Crippen molar-refractivity contribution in [2.75, 3.05) is 20.8 Å². The van der Waals surface area contributed by atoms with Gasteiger partial charge in [-0.1, -0.05) is 0 Å². The number of carbonyl (C=O) groups excluding carboxylic acids is 1. The third kappa shape index (κ3) is 3.59. The van der Waals surface area contributed by atoms with E-state index in [1.165, 1.54) is 32.4 Å². The van der Waals surface area contributed by atoms with Crippen LogP contribution in [0.4, 0.5) is 5.69 Å². The van der Waals surface area contributed by atoms with Gasteiger partial charge in [0.1, 0.15) is 6.61 Å². The highest BCUT2D eigenvalue weighted by molar-refractivity contribution is 5.75. The zero-order valence-electron chi connectivity index (χ0n) is 11.8. The normalized spacial score (nSPS) is 10.8. The van der Waals surface area contributed by atoms with Crippen LogP contribution in [0.2, 0.25) is 0 Å². The molecule has 20 heavy (non-hydrogen) atoms. The van der Waals surface area contributed by atoms with E-state index in [2.05, 4.69) is 4.74 Å². The Morgan fingerprint density at radius 2 is 1.95 bits per heavy atom. The molecule has 0 bridgehead atoms. The van der Waals surface area contributed by atoms with Crippen molar-refractivity contribution in [1.82, 2.24) is 0 Å². The molecule has 0 heterocycles. The van der Waals surface area contributed by atoms with E-state index in [0.717, 1.165) is 0 Å². The van der Waals surface area contributed by atoms with Gasteiger partial charge in [0.2, 0.25) is 0 Å². The fraction of sp³-hybridized carbons (Fsp3) is 0.462. The van der Waals surface area contributed by atoms with Crippen molar-refractivity contribution < 1.29 is 23.9 Å². The van der Waals surface area contributed by atoms with Gasteiger partial charge >= 0.3 is 5.97 Å². The molecule has 1 aromatic carbocycles. The van der Waals surface area contributed by atoms with E-state index < -0.39 is 16.3 Å². The second-order valence-corrected chi connectivity index (χ2v) is 4.76. The molecule has 7 heteroatoms. The van der Waals surface area contributed by atoms with E-state index in [9.17, 15) is 14.9 Å². The van der Waals surface area contributed by atoms with Crippen LogP contribution in [-0.4, -0.2) is 31.7 Å². The van der Waals surface area contributed by atoms with Crippen molar-refractivity contribution in [3.63, 3.8) is 0 Å². The highest BCUT2D eigenvalue weighted by Crippen LogP contribution is 2.32. The molecule has 0 radical (unpaired) electrons. The molecule has 0 spiro atoms. The van der Waals surface area contributed by atoms with Crippen molar-refractivity contribution in [3.8, 4) is 11.5 Å². The lowest BCUT2D eigenvalue weighted by Crippen LogP contribution is -2.32. The fourth-order valence-electron chi connectivity index (χ4n) is 1.48. The zero-order valence-corrected chi connectivity index (χ0v) is 11.8. The van der Waals surface area contributed by atoms with Gasteiger partial charge < -0.3 is 14.2 Å². The largest absolute Gasteiger partial charge is 0.493 e. The number of esters is 1. The summed E-state index contributed by atoms with van der Waals surface area (Å²) >= 11 is 0. The van der Waals surface area contributed by atoms with Crippen molar-refractivity contribution in [3.05, 3.63) is 28.3 Å². The Bertz CT molecular complexity index is 512. The molecule has 0 fully saturated rings. The van der Waals surface area contributed by atoms with Crippen LogP contribution in [0, 0.1) is 15.5 Å². The van der Waals surface area contributed by atoms with E-state index in [-0.39, 0.29) is 18.0 Å². The van der Waals surface area contributed by atoms with Gasteiger partial charge in [-0.3, -0.25) is 14.9 Å². The first-order chi connectivity index (χ1) is 9.31. The summed E-state index contributed by atoms with van der Waals surface area (Å²) in [4.78, 5) is 21.7. The van der Waals surface area contributed by atoms with Crippen LogP contribution in [0.3, 0.4) is 0 Å². The minimum absolute atomic E-state index is 0.0633. The van der Waals surface area contributed by atoms with Gasteiger partial charge in [0.25, 0.3) is 5.69 Å². The number of nitrogens with zero attached hydrogens (tertiary/aromatic N) is 1. The Hall–Kier alpha value is -2.31. The molecule has 0 saturated heterocycles. The van der Waals surface area contributed by atoms with Gasteiger partial charge in [-0.05, 0) is 19.9 Å². The summed E-state index contributed by atoms with van der Waals surface area (Å²) < 4.78 is 15.2. The molecule has 0 aliphatic carbocycles. The molecule has 0 atom stereocenters. The Kier molecular flexibility index (Phi) is 4.90. The number of rotatable bonds is 6. The Labute approximate surface area is 116 Å². The maximum Gasteiger partial charge on any atom is 0.314 e. The third-order valence-electron chi connectivity index (χ3n) is 2.68. The Balaban J connectivity index is 2.88. The van der Waals surface area contributed by atoms with Gasteiger partial charge in [0.05, 0.1) is 30.6 Å². The smallest absolute Gasteiger partial charge is 0.314 e. The number of ether oxygens (including phenoxy) is 3. The van der Waals surface area contributed by atoms with Crippen LogP contribution >= 0.6 is 0 Å². The number of carbonyl (C=O) groups is 1. The monoisotopic (exact) mass is 283 g/mol.